The molecule has 1 saturated carbocycles. The summed E-state index contributed by atoms with van der Waals surface area (Å²) in [7, 11) is 0. The number of thiocarbonyl (C=S) groups is 1. The smallest absolute Gasteiger partial charge is 0.227 e. The lowest BCUT2D eigenvalue weighted by Crippen LogP contribution is -2.60. The van der Waals surface area contributed by atoms with Gasteiger partial charge in [0.05, 0.1) is 0 Å². The van der Waals surface area contributed by atoms with Gasteiger partial charge in [-0.1, -0.05) is 28.1 Å². The number of benzene rings is 1. The molecule has 1 aromatic carbocycles. The molecule has 2 fully saturated rings. The zero-order valence-electron chi connectivity index (χ0n) is 9.96. The maximum absolute atomic E-state index is 14.4. The summed E-state index contributed by atoms with van der Waals surface area (Å²) < 4.78 is 34.4. The van der Waals surface area contributed by atoms with Crippen molar-refractivity contribution < 1.29 is 13.5 Å². The predicted molar refractivity (Wildman–Crippen MR) is 75.1 cm³/mol. The molecule has 19 heavy (non-hydrogen) atoms. The van der Waals surface area contributed by atoms with Gasteiger partial charge in [-0.05, 0) is 37.0 Å². The molecule has 1 N–H and O–H groups in total. The highest BCUT2D eigenvalue weighted by atomic mass is 79.9. The van der Waals surface area contributed by atoms with Crippen molar-refractivity contribution in [1.29, 1.82) is 0 Å². The zero-order chi connectivity index (χ0) is 13.6. The average Bonchev–Trinajstić information content (AvgIpc) is 3.20. The number of hydrogen-bond acceptors (Lipinski definition) is 2. The van der Waals surface area contributed by atoms with Crippen molar-refractivity contribution >= 4 is 33.1 Å². The van der Waals surface area contributed by atoms with Gasteiger partial charge >= 0.3 is 0 Å². The topological polar surface area (TPSA) is 21.3 Å². The Morgan fingerprint density at radius 3 is 2.84 bits per heavy atom. The summed E-state index contributed by atoms with van der Waals surface area (Å²) >= 11 is 8.39. The van der Waals surface area contributed by atoms with Gasteiger partial charge in [0, 0.05) is 10.0 Å². The maximum atomic E-state index is 14.4. The molecule has 0 aromatic heterocycles. The molecule has 2 atom stereocenters. The molecule has 0 bridgehead atoms. The van der Waals surface area contributed by atoms with Crippen molar-refractivity contribution in [3.05, 3.63) is 34.1 Å². The van der Waals surface area contributed by atoms with Gasteiger partial charge in [0.15, 0.2) is 0 Å². The summed E-state index contributed by atoms with van der Waals surface area (Å²) in [6.07, 6.45) is 0.0759. The number of ether oxygens (including phenoxy) is 1. The van der Waals surface area contributed by atoms with Gasteiger partial charge in [0.25, 0.3) is 0 Å². The van der Waals surface area contributed by atoms with E-state index in [2.05, 4.69) is 21.2 Å². The fraction of sp³-hybridized carbons (Fsp3) is 0.462. The molecule has 102 valence electrons. The Morgan fingerprint density at radius 2 is 2.16 bits per heavy atom. The summed E-state index contributed by atoms with van der Waals surface area (Å²) in [4.78, 5) is 0.417. The molecule has 1 aromatic rings. The van der Waals surface area contributed by atoms with E-state index in [9.17, 15) is 8.78 Å². The van der Waals surface area contributed by atoms with E-state index in [1.54, 1.807) is 12.1 Å². The quantitative estimate of drug-likeness (QED) is 0.828. The van der Waals surface area contributed by atoms with Crippen LogP contribution in [0.2, 0.25) is 0 Å². The van der Waals surface area contributed by atoms with Crippen LogP contribution < -0.4 is 5.32 Å². The third kappa shape index (κ3) is 2.19. The number of rotatable bonds is 2. The van der Waals surface area contributed by atoms with Crippen molar-refractivity contribution in [3.63, 3.8) is 0 Å². The van der Waals surface area contributed by atoms with Crippen LogP contribution in [0.3, 0.4) is 0 Å². The SMILES string of the molecule is Fc1ccc(Br)cc1C1(C2CC2)NC(=S)COC1F. The average molecular weight is 348 g/mol. The van der Waals surface area contributed by atoms with Gasteiger partial charge in [-0.2, -0.15) is 0 Å². The van der Waals surface area contributed by atoms with Gasteiger partial charge in [-0.15, -0.1) is 0 Å². The number of hydrogen-bond donors (Lipinski definition) is 1. The predicted octanol–water partition coefficient (Wildman–Crippen LogP) is 3.44. The van der Waals surface area contributed by atoms with Crippen molar-refractivity contribution in [3.8, 4) is 0 Å². The molecule has 1 aliphatic heterocycles. The van der Waals surface area contributed by atoms with E-state index in [1.807, 2.05) is 0 Å². The molecule has 0 radical (unpaired) electrons. The van der Waals surface area contributed by atoms with E-state index >= 15 is 0 Å². The van der Waals surface area contributed by atoms with E-state index < -0.39 is 17.7 Å². The first kappa shape index (κ1) is 13.4. The van der Waals surface area contributed by atoms with E-state index in [4.69, 9.17) is 17.0 Å². The standard InChI is InChI=1S/C13H12BrF2NOS/c14-8-3-4-10(15)9(5-8)13(7-1-2-7)12(16)18-6-11(19)17-13/h3-5,7,12H,1-2,6H2,(H,17,19). The van der Waals surface area contributed by atoms with Crippen LogP contribution in [0.4, 0.5) is 8.78 Å². The van der Waals surface area contributed by atoms with Crippen molar-refractivity contribution in [1.82, 2.24) is 5.32 Å². The first-order valence-electron chi connectivity index (χ1n) is 6.06. The third-order valence-electron chi connectivity index (χ3n) is 3.66. The molecule has 1 heterocycles. The summed E-state index contributed by atoms with van der Waals surface area (Å²) in [5, 5.41) is 3.00. The van der Waals surface area contributed by atoms with Crippen LogP contribution in [-0.2, 0) is 10.3 Å². The minimum atomic E-state index is -1.60. The summed E-state index contributed by atoms with van der Waals surface area (Å²) in [6, 6.07) is 4.52. The fourth-order valence-corrected chi connectivity index (χ4v) is 3.25. The van der Waals surface area contributed by atoms with E-state index in [0.717, 1.165) is 12.8 Å². The van der Waals surface area contributed by atoms with Gasteiger partial charge in [-0.3, -0.25) is 0 Å². The van der Waals surface area contributed by atoms with Gasteiger partial charge in [-0.25, -0.2) is 8.78 Å². The Bertz CT molecular complexity index is 537. The van der Waals surface area contributed by atoms with Gasteiger partial charge in [0.2, 0.25) is 6.36 Å². The molecule has 3 rings (SSSR count). The molecule has 6 heteroatoms. The highest BCUT2D eigenvalue weighted by molar-refractivity contribution is 9.10. The Hall–Kier alpha value is -0.590. The van der Waals surface area contributed by atoms with Crippen LogP contribution in [0.1, 0.15) is 18.4 Å². The Morgan fingerprint density at radius 1 is 1.42 bits per heavy atom. The molecular formula is C13H12BrF2NOS. The second-order valence-corrected chi connectivity index (χ2v) is 6.35. The van der Waals surface area contributed by atoms with Crippen LogP contribution in [-0.4, -0.2) is 18.0 Å². The van der Waals surface area contributed by atoms with Crippen molar-refractivity contribution in [2.45, 2.75) is 24.7 Å². The summed E-state index contributed by atoms with van der Waals surface area (Å²) in [5.41, 5.74) is -0.914. The number of alkyl halides is 1. The lowest BCUT2D eigenvalue weighted by molar-refractivity contribution is -0.108. The largest absolute Gasteiger partial charge is 0.363 e. The zero-order valence-corrected chi connectivity index (χ0v) is 12.4. The molecule has 1 saturated heterocycles. The van der Waals surface area contributed by atoms with Crippen LogP contribution >= 0.6 is 28.1 Å². The van der Waals surface area contributed by atoms with Gasteiger partial charge < -0.3 is 10.1 Å². The second-order valence-electron chi connectivity index (χ2n) is 4.94. The highest BCUT2D eigenvalue weighted by Crippen LogP contribution is 2.51. The van der Waals surface area contributed by atoms with Crippen LogP contribution in [0.5, 0.6) is 0 Å². The first-order valence-corrected chi connectivity index (χ1v) is 7.26. The lowest BCUT2D eigenvalue weighted by Gasteiger charge is -2.42. The minimum absolute atomic E-state index is 0.00421. The molecule has 2 aliphatic rings. The molecule has 2 unspecified atom stereocenters. The second kappa shape index (κ2) is 4.75. The number of halogens is 3. The fourth-order valence-electron chi connectivity index (χ4n) is 2.65. The van der Waals surface area contributed by atoms with Crippen molar-refractivity contribution in [2.24, 2.45) is 5.92 Å². The Kier molecular flexibility index (Phi) is 3.35. The molecule has 0 spiro atoms. The maximum Gasteiger partial charge on any atom is 0.227 e. The molecular weight excluding hydrogens is 336 g/mol. The van der Waals surface area contributed by atoms with Crippen LogP contribution in [0.15, 0.2) is 22.7 Å². The normalized spacial score (nSPS) is 31.1. The molecule has 0 amide bonds. The van der Waals surface area contributed by atoms with E-state index in [0.29, 0.717) is 9.46 Å². The molecule has 1 aliphatic carbocycles. The van der Waals surface area contributed by atoms with E-state index in [-0.39, 0.29) is 18.1 Å². The Balaban J connectivity index is 2.14. The molecule has 2 nitrogen and oxygen atoms in total. The third-order valence-corrected chi connectivity index (χ3v) is 4.37. The number of morpholine rings is 1. The monoisotopic (exact) mass is 347 g/mol. The lowest BCUT2D eigenvalue weighted by atomic mass is 9.83. The summed E-state index contributed by atoms with van der Waals surface area (Å²) in [5.74, 6) is -0.442. The first-order chi connectivity index (χ1) is 9.04. The Labute approximate surface area is 123 Å². The van der Waals surface area contributed by atoms with Crippen LogP contribution in [0, 0.1) is 11.7 Å². The number of nitrogens with one attached hydrogen (secondary N) is 1. The van der Waals surface area contributed by atoms with Crippen molar-refractivity contribution in [2.75, 3.05) is 6.61 Å². The van der Waals surface area contributed by atoms with E-state index in [1.165, 1.54) is 6.07 Å². The highest BCUT2D eigenvalue weighted by Gasteiger charge is 2.56. The van der Waals surface area contributed by atoms with Crippen LogP contribution in [0.25, 0.3) is 0 Å². The minimum Gasteiger partial charge on any atom is -0.363 e. The van der Waals surface area contributed by atoms with Gasteiger partial charge in [0.1, 0.15) is 23.0 Å². The summed E-state index contributed by atoms with van der Waals surface area (Å²) in [6.45, 7) is 0.0423.